The van der Waals surface area contributed by atoms with Crippen LogP contribution >= 0.6 is 11.6 Å². The molecule has 166 valence electrons. The topological polar surface area (TPSA) is 100 Å². The molecule has 4 rings (SSSR count). The first-order valence-corrected chi connectivity index (χ1v) is 10.8. The summed E-state index contributed by atoms with van der Waals surface area (Å²) < 4.78 is 1.23. The van der Waals surface area contributed by atoms with Crippen molar-refractivity contribution in [2.45, 2.75) is 19.4 Å². The van der Waals surface area contributed by atoms with Crippen molar-refractivity contribution < 1.29 is 9.59 Å². The van der Waals surface area contributed by atoms with Crippen LogP contribution in [-0.2, 0) is 11.3 Å². The zero-order chi connectivity index (χ0) is 22.5. The molecule has 9 nitrogen and oxygen atoms in total. The van der Waals surface area contributed by atoms with Crippen molar-refractivity contribution in [1.82, 2.24) is 24.8 Å². The normalized spacial score (nSPS) is 14.3. The van der Waals surface area contributed by atoms with Crippen LogP contribution in [0.25, 0.3) is 10.9 Å². The first-order valence-electron chi connectivity index (χ1n) is 10.4. The summed E-state index contributed by atoms with van der Waals surface area (Å²) in [5, 5.41) is 11.9. The van der Waals surface area contributed by atoms with Gasteiger partial charge in [0.25, 0.3) is 5.56 Å². The zero-order valence-electron chi connectivity index (χ0n) is 17.4. The highest BCUT2D eigenvalue weighted by atomic mass is 35.5. The summed E-state index contributed by atoms with van der Waals surface area (Å²) >= 11 is 5.88. The van der Waals surface area contributed by atoms with Gasteiger partial charge in [0.15, 0.2) is 0 Å². The van der Waals surface area contributed by atoms with Gasteiger partial charge in [0.1, 0.15) is 5.52 Å². The van der Waals surface area contributed by atoms with Crippen molar-refractivity contribution in [2.24, 2.45) is 0 Å². The van der Waals surface area contributed by atoms with Gasteiger partial charge in [-0.2, -0.15) is 0 Å². The Balaban J connectivity index is 1.31. The molecule has 1 aliphatic heterocycles. The third kappa shape index (κ3) is 5.05. The number of amides is 3. The van der Waals surface area contributed by atoms with E-state index in [1.54, 1.807) is 58.3 Å². The molecule has 1 N–H and O–H groups in total. The number of benzene rings is 2. The Morgan fingerprint density at radius 1 is 0.969 bits per heavy atom. The average Bonchev–Trinajstić information content (AvgIpc) is 3.07. The predicted octanol–water partition coefficient (Wildman–Crippen LogP) is 2.60. The van der Waals surface area contributed by atoms with Gasteiger partial charge in [-0.05, 0) is 42.8 Å². The number of hydrogen-bond acceptors (Lipinski definition) is 5. The highest BCUT2D eigenvalue weighted by Crippen LogP contribution is 2.15. The molecule has 0 aliphatic carbocycles. The number of aryl methyl sites for hydroxylation is 1. The Kier molecular flexibility index (Phi) is 6.65. The fraction of sp³-hybridized carbons (Fsp3) is 0.318. The lowest BCUT2D eigenvalue weighted by atomic mass is 10.2. The maximum Gasteiger partial charge on any atom is 0.321 e. The number of aromatic nitrogens is 3. The predicted molar refractivity (Wildman–Crippen MR) is 122 cm³/mol. The van der Waals surface area contributed by atoms with Crippen LogP contribution in [0.4, 0.5) is 10.5 Å². The van der Waals surface area contributed by atoms with E-state index in [4.69, 9.17) is 11.6 Å². The molecule has 3 aromatic rings. The highest BCUT2D eigenvalue weighted by Gasteiger charge is 2.22. The van der Waals surface area contributed by atoms with E-state index in [2.05, 4.69) is 15.6 Å². The maximum atomic E-state index is 12.7. The lowest BCUT2D eigenvalue weighted by Gasteiger charge is -2.22. The standard InChI is InChI=1S/C22H23ClN6O3/c23-16-6-8-17(9-7-16)24-22(32)28-12-3-11-27(14-15-28)20(30)10-13-29-21(31)18-4-1-2-5-19(18)25-26-29/h1-2,4-9H,3,10-15H2,(H,24,32). The quantitative estimate of drug-likeness (QED) is 0.653. The number of carbonyl (C=O) groups excluding carboxylic acids is 2. The summed E-state index contributed by atoms with van der Waals surface area (Å²) in [5.41, 5.74) is 0.937. The number of rotatable bonds is 4. The van der Waals surface area contributed by atoms with E-state index < -0.39 is 0 Å². The van der Waals surface area contributed by atoms with E-state index in [9.17, 15) is 14.4 Å². The maximum absolute atomic E-state index is 12.7. The second-order valence-corrected chi connectivity index (χ2v) is 7.98. The molecule has 1 aliphatic rings. The molecule has 1 fully saturated rings. The van der Waals surface area contributed by atoms with Crippen molar-refractivity contribution in [3.05, 3.63) is 63.9 Å². The molecule has 0 atom stereocenters. The Hall–Kier alpha value is -3.46. The second kappa shape index (κ2) is 9.78. The number of nitrogens with zero attached hydrogens (tertiary/aromatic N) is 5. The fourth-order valence-electron chi connectivity index (χ4n) is 3.64. The molecule has 32 heavy (non-hydrogen) atoms. The average molecular weight is 455 g/mol. The van der Waals surface area contributed by atoms with Gasteiger partial charge in [-0.3, -0.25) is 9.59 Å². The van der Waals surface area contributed by atoms with Crippen LogP contribution in [0, 0.1) is 0 Å². The monoisotopic (exact) mass is 454 g/mol. The lowest BCUT2D eigenvalue weighted by molar-refractivity contribution is -0.131. The van der Waals surface area contributed by atoms with Gasteiger partial charge in [-0.1, -0.05) is 28.9 Å². The Morgan fingerprint density at radius 3 is 2.50 bits per heavy atom. The van der Waals surface area contributed by atoms with E-state index in [1.165, 1.54) is 4.68 Å². The molecule has 2 heterocycles. The van der Waals surface area contributed by atoms with E-state index in [0.717, 1.165) is 0 Å². The number of halogens is 1. The smallest absolute Gasteiger partial charge is 0.321 e. The van der Waals surface area contributed by atoms with E-state index in [-0.39, 0.29) is 30.5 Å². The number of hydrogen-bond donors (Lipinski definition) is 1. The lowest BCUT2D eigenvalue weighted by Crippen LogP contribution is -2.39. The van der Waals surface area contributed by atoms with Crippen molar-refractivity contribution in [1.29, 1.82) is 0 Å². The molecule has 0 bridgehead atoms. The number of fused-ring (bicyclic) bond motifs is 1. The van der Waals surface area contributed by atoms with E-state index >= 15 is 0 Å². The Bertz CT molecular complexity index is 1180. The second-order valence-electron chi connectivity index (χ2n) is 7.54. The summed E-state index contributed by atoms with van der Waals surface area (Å²) in [5.74, 6) is -0.0770. The zero-order valence-corrected chi connectivity index (χ0v) is 18.2. The summed E-state index contributed by atoms with van der Waals surface area (Å²) in [6.07, 6.45) is 0.819. The first kappa shape index (κ1) is 21.8. The van der Waals surface area contributed by atoms with Gasteiger partial charge >= 0.3 is 6.03 Å². The third-order valence-electron chi connectivity index (χ3n) is 5.40. The minimum absolute atomic E-state index is 0.0770. The summed E-state index contributed by atoms with van der Waals surface area (Å²) in [7, 11) is 0. The molecular formula is C22H23ClN6O3. The van der Waals surface area contributed by atoms with Crippen LogP contribution in [0.15, 0.2) is 53.3 Å². The van der Waals surface area contributed by atoms with E-state index in [1.807, 2.05) is 0 Å². The van der Waals surface area contributed by atoms with Gasteiger partial charge < -0.3 is 15.1 Å². The molecule has 0 spiro atoms. The van der Waals surface area contributed by atoms with Crippen molar-refractivity contribution in [2.75, 3.05) is 31.5 Å². The van der Waals surface area contributed by atoms with Crippen LogP contribution in [-0.4, -0.2) is 62.9 Å². The number of nitrogens with one attached hydrogen (secondary N) is 1. The summed E-state index contributed by atoms with van der Waals surface area (Å²) in [6.45, 7) is 2.14. The van der Waals surface area contributed by atoms with Gasteiger partial charge in [-0.25, -0.2) is 9.48 Å². The molecule has 0 saturated carbocycles. The molecule has 1 aromatic heterocycles. The molecule has 1 saturated heterocycles. The van der Waals surface area contributed by atoms with Gasteiger partial charge in [0, 0.05) is 43.3 Å². The number of anilines is 1. The molecule has 10 heteroatoms. The van der Waals surface area contributed by atoms with Crippen molar-refractivity contribution in [3.63, 3.8) is 0 Å². The molecule has 2 aromatic carbocycles. The minimum atomic E-state index is -0.260. The minimum Gasteiger partial charge on any atom is -0.341 e. The van der Waals surface area contributed by atoms with Crippen LogP contribution in [0.2, 0.25) is 5.02 Å². The molecule has 0 radical (unpaired) electrons. The molecule has 0 unspecified atom stereocenters. The first-order chi connectivity index (χ1) is 15.5. The van der Waals surface area contributed by atoms with E-state index in [0.29, 0.717) is 54.2 Å². The SMILES string of the molecule is O=C(CCn1nnc2ccccc2c1=O)N1CCCN(C(=O)Nc2ccc(Cl)cc2)CC1. The van der Waals surface area contributed by atoms with Crippen LogP contribution in [0.3, 0.4) is 0 Å². The number of urea groups is 1. The van der Waals surface area contributed by atoms with Crippen LogP contribution in [0.1, 0.15) is 12.8 Å². The van der Waals surface area contributed by atoms with Crippen molar-refractivity contribution in [3.8, 4) is 0 Å². The van der Waals surface area contributed by atoms with Crippen LogP contribution < -0.4 is 10.9 Å². The highest BCUT2D eigenvalue weighted by molar-refractivity contribution is 6.30. The van der Waals surface area contributed by atoms with Gasteiger partial charge in [-0.15, -0.1) is 5.10 Å². The molecule has 3 amide bonds. The van der Waals surface area contributed by atoms with Crippen molar-refractivity contribution >= 4 is 40.1 Å². The Morgan fingerprint density at radius 2 is 1.69 bits per heavy atom. The third-order valence-corrected chi connectivity index (χ3v) is 5.65. The van der Waals surface area contributed by atoms with Crippen LogP contribution in [0.5, 0.6) is 0 Å². The van der Waals surface area contributed by atoms with Gasteiger partial charge in [0.2, 0.25) is 5.91 Å². The fourth-order valence-corrected chi connectivity index (χ4v) is 3.76. The summed E-state index contributed by atoms with van der Waals surface area (Å²) in [4.78, 5) is 41.3. The van der Waals surface area contributed by atoms with Gasteiger partial charge in [0.05, 0.1) is 11.9 Å². The largest absolute Gasteiger partial charge is 0.341 e. The summed E-state index contributed by atoms with van der Waals surface area (Å²) in [6, 6.07) is 13.7. The number of carbonyl (C=O) groups is 2. The molecular weight excluding hydrogens is 432 g/mol. The Labute approximate surface area is 189 Å².